The van der Waals surface area contributed by atoms with Gasteiger partial charge in [0.15, 0.2) is 5.82 Å². The van der Waals surface area contributed by atoms with Crippen molar-refractivity contribution in [3.05, 3.63) is 28.0 Å². The molecule has 1 aromatic rings. The molecule has 1 aliphatic carbocycles. The Morgan fingerprint density at radius 1 is 1.37 bits per heavy atom. The molecular weight excluding hydrogens is 307 g/mol. The lowest BCUT2D eigenvalue weighted by molar-refractivity contribution is 0.328. The number of hydrogen-bond acceptors (Lipinski definition) is 2. The van der Waals surface area contributed by atoms with Crippen LogP contribution in [0.4, 0.5) is 10.1 Å². The van der Waals surface area contributed by atoms with Crippen molar-refractivity contribution in [3.63, 3.8) is 0 Å². The number of benzene rings is 1. The van der Waals surface area contributed by atoms with Gasteiger partial charge in [-0.1, -0.05) is 19.3 Å². The smallest absolute Gasteiger partial charge is 0.161 e. The maximum absolute atomic E-state index is 14.1. The van der Waals surface area contributed by atoms with Crippen LogP contribution in [0.25, 0.3) is 0 Å². The minimum atomic E-state index is -0.373. The van der Waals surface area contributed by atoms with Crippen molar-refractivity contribution in [1.29, 1.82) is 5.26 Å². The number of nitrogens with one attached hydrogen (secondary N) is 1. The summed E-state index contributed by atoms with van der Waals surface area (Å²) in [4.78, 5) is 0. The van der Waals surface area contributed by atoms with Crippen molar-refractivity contribution in [2.45, 2.75) is 45.1 Å². The molecule has 0 saturated heterocycles. The van der Waals surface area contributed by atoms with Crippen LogP contribution in [0.15, 0.2) is 16.6 Å². The average Bonchev–Trinajstić information content (AvgIpc) is 2.45. The van der Waals surface area contributed by atoms with Gasteiger partial charge in [0, 0.05) is 6.04 Å². The van der Waals surface area contributed by atoms with Gasteiger partial charge in [-0.15, -0.1) is 0 Å². The average molecular weight is 325 g/mol. The molecule has 1 fully saturated rings. The number of nitrogens with zero attached hydrogens (tertiary/aromatic N) is 1. The molecule has 0 heterocycles. The molecule has 2 rings (SSSR count). The van der Waals surface area contributed by atoms with Crippen LogP contribution >= 0.6 is 15.9 Å². The highest BCUT2D eigenvalue weighted by Crippen LogP contribution is 2.31. The Bertz CT molecular complexity index is 490. The fraction of sp³-hybridized carbons (Fsp3) is 0.533. The van der Waals surface area contributed by atoms with Crippen LogP contribution in [0.2, 0.25) is 0 Å². The Kier molecular flexibility index (Phi) is 4.81. The number of nitriles is 1. The van der Waals surface area contributed by atoms with E-state index in [1.807, 2.05) is 6.07 Å². The summed E-state index contributed by atoms with van der Waals surface area (Å²) in [6, 6.07) is 5.52. The lowest BCUT2D eigenvalue weighted by Crippen LogP contribution is -2.28. The first-order valence-electron chi connectivity index (χ1n) is 6.78. The summed E-state index contributed by atoms with van der Waals surface area (Å²) in [6.45, 7) is 2.11. The summed E-state index contributed by atoms with van der Waals surface area (Å²) >= 11 is 3.14. The second kappa shape index (κ2) is 6.38. The molecule has 0 aliphatic heterocycles. The fourth-order valence-electron chi connectivity index (χ4n) is 2.74. The predicted molar refractivity (Wildman–Crippen MR) is 78.5 cm³/mol. The molecule has 0 amide bonds. The van der Waals surface area contributed by atoms with Gasteiger partial charge in [-0.2, -0.15) is 5.26 Å². The van der Waals surface area contributed by atoms with Crippen LogP contribution in [0, 0.1) is 23.1 Å². The van der Waals surface area contributed by atoms with Gasteiger partial charge in [-0.25, -0.2) is 4.39 Å². The van der Waals surface area contributed by atoms with Crippen molar-refractivity contribution in [3.8, 4) is 6.07 Å². The summed E-state index contributed by atoms with van der Waals surface area (Å²) < 4.78 is 14.4. The first-order chi connectivity index (χ1) is 9.13. The summed E-state index contributed by atoms with van der Waals surface area (Å²) in [5, 5.41) is 12.1. The number of hydrogen-bond donors (Lipinski definition) is 1. The zero-order valence-electron chi connectivity index (χ0n) is 11.0. The lowest BCUT2D eigenvalue weighted by atomic mass is 9.84. The normalized spacial score (nSPS) is 17.8. The first kappa shape index (κ1) is 14.3. The molecule has 1 N–H and O–H groups in total. The van der Waals surface area contributed by atoms with Crippen LogP contribution in [-0.4, -0.2) is 6.04 Å². The van der Waals surface area contributed by atoms with E-state index in [9.17, 15) is 4.39 Å². The molecule has 0 radical (unpaired) electrons. The minimum absolute atomic E-state index is 0.246. The molecule has 1 unspecified atom stereocenters. The molecule has 102 valence electrons. The molecule has 4 heteroatoms. The molecule has 1 aliphatic rings. The first-order valence-corrected chi connectivity index (χ1v) is 7.57. The molecule has 1 saturated carbocycles. The van der Waals surface area contributed by atoms with E-state index in [0.717, 1.165) is 0 Å². The Morgan fingerprint density at radius 3 is 2.68 bits per heavy atom. The Hall–Kier alpha value is -1.08. The summed E-state index contributed by atoms with van der Waals surface area (Å²) in [6.07, 6.45) is 6.30. The zero-order valence-corrected chi connectivity index (χ0v) is 12.6. The van der Waals surface area contributed by atoms with E-state index in [2.05, 4.69) is 28.2 Å². The minimum Gasteiger partial charge on any atom is -0.380 e. The molecule has 19 heavy (non-hydrogen) atoms. The van der Waals surface area contributed by atoms with E-state index in [1.165, 1.54) is 32.1 Å². The molecule has 2 nitrogen and oxygen atoms in total. The summed E-state index contributed by atoms with van der Waals surface area (Å²) in [5.74, 6) is 0.240. The van der Waals surface area contributed by atoms with E-state index in [1.54, 1.807) is 12.1 Å². The van der Waals surface area contributed by atoms with Gasteiger partial charge < -0.3 is 5.32 Å². The molecule has 0 spiro atoms. The van der Waals surface area contributed by atoms with E-state index < -0.39 is 0 Å². The van der Waals surface area contributed by atoms with Crippen molar-refractivity contribution >= 4 is 21.6 Å². The quantitative estimate of drug-likeness (QED) is 0.863. The second-order valence-electron chi connectivity index (χ2n) is 5.23. The van der Waals surface area contributed by atoms with Crippen LogP contribution in [0.3, 0.4) is 0 Å². The molecule has 1 atom stereocenters. The Morgan fingerprint density at radius 2 is 2.05 bits per heavy atom. The second-order valence-corrected chi connectivity index (χ2v) is 6.02. The van der Waals surface area contributed by atoms with Gasteiger partial charge in [-0.05, 0) is 53.7 Å². The van der Waals surface area contributed by atoms with Crippen LogP contribution < -0.4 is 5.32 Å². The van der Waals surface area contributed by atoms with Crippen molar-refractivity contribution in [1.82, 2.24) is 0 Å². The van der Waals surface area contributed by atoms with Crippen LogP contribution in [0.1, 0.15) is 44.6 Å². The summed E-state index contributed by atoms with van der Waals surface area (Å²) in [7, 11) is 0. The van der Waals surface area contributed by atoms with Gasteiger partial charge in [0.2, 0.25) is 0 Å². The third-order valence-corrected chi connectivity index (χ3v) is 4.72. The van der Waals surface area contributed by atoms with Gasteiger partial charge in [0.05, 0.1) is 15.7 Å². The largest absolute Gasteiger partial charge is 0.380 e. The highest BCUT2D eigenvalue weighted by molar-refractivity contribution is 9.10. The van der Waals surface area contributed by atoms with Crippen molar-refractivity contribution < 1.29 is 4.39 Å². The van der Waals surface area contributed by atoms with Gasteiger partial charge in [-0.3, -0.25) is 0 Å². The number of anilines is 1. The number of halogens is 2. The monoisotopic (exact) mass is 324 g/mol. The molecule has 1 aromatic carbocycles. The SMILES string of the molecule is CC(Nc1ccc(C#N)c(Br)c1F)C1CCCCC1. The van der Waals surface area contributed by atoms with Crippen LogP contribution in [-0.2, 0) is 0 Å². The molecular formula is C15H18BrFN2. The predicted octanol–water partition coefficient (Wildman–Crippen LogP) is 4.84. The van der Waals surface area contributed by atoms with Gasteiger partial charge >= 0.3 is 0 Å². The van der Waals surface area contributed by atoms with E-state index in [-0.39, 0.29) is 16.3 Å². The van der Waals surface area contributed by atoms with Crippen LogP contribution in [0.5, 0.6) is 0 Å². The third-order valence-electron chi connectivity index (χ3n) is 3.94. The maximum atomic E-state index is 14.1. The van der Waals surface area contributed by atoms with Crippen molar-refractivity contribution in [2.24, 2.45) is 5.92 Å². The fourth-order valence-corrected chi connectivity index (χ4v) is 3.18. The summed E-state index contributed by atoms with van der Waals surface area (Å²) in [5.41, 5.74) is 0.803. The van der Waals surface area contributed by atoms with E-state index in [0.29, 0.717) is 17.2 Å². The molecule has 0 bridgehead atoms. The van der Waals surface area contributed by atoms with Crippen molar-refractivity contribution in [2.75, 3.05) is 5.32 Å². The topological polar surface area (TPSA) is 35.8 Å². The maximum Gasteiger partial charge on any atom is 0.161 e. The lowest BCUT2D eigenvalue weighted by Gasteiger charge is -2.29. The molecule has 0 aromatic heterocycles. The third kappa shape index (κ3) is 3.27. The number of rotatable bonds is 3. The highest BCUT2D eigenvalue weighted by Gasteiger charge is 2.21. The van der Waals surface area contributed by atoms with E-state index in [4.69, 9.17) is 5.26 Å². The standard InChI is InChI=1S/C15H18BrFN2/c1-10(11-5-3-2-4-6-11)19-13-8-7-12(9-18)14(16)15(13)17/h7-8,10-11,19H,2-6H2,1H3. The van der Waals surface area contributed by atoms with E-state index >= 15 is 0 Å². The van der Waals surface area contributed by atoms with Gasteiger partial charge in [0.1, 0.15) is 6.07 Å². The highest BCUT2D eigenvalue weighted by atomic mass is 79.9. The Balaban J connectivity index is 2.10. The van der Waals surface area contributed by atoms with Gasteiger partial charge in [0.25, 0.3) is 0 Å². The zero-order chi connectivity index (χ0) is 13.8. The Labute approximate surface area is 122 Å².